The van der Waals surface area contributed by atoms with Gasteiger partial charge in [0.1, 0.15) is 0 Å². The first kappa shape index (κ1) is 19.9. The fourth-order valence-corrected chi connectivity index (χ4v) is 2.97. The van der Waals surface area contributed by atoms with Gasteiger partial charge in [-0.3, -0.25) is 4.79 Å². The zero-order valence-electron chi connectivity index (χ0n) is 12.6. The number of aromatic nitrogens is 1. The summed E-state index contributed by atoms with van der Waals surface area (Å²) >= 11 is 7.58. The van der Waals surface area contributed by atoms with Gasteiger partial charge in [-0.2, -0.15) is 0 Å². The van der Waals surface area contributed by atoms with Crippen LogP contribution < -0.4 is 11.1 Å². The molecule has 1 heterocycles. The highest BCUT2D eigenvalue weighted by atomic mass is 35.5. The Balaban J connectivity index is 0.00000264. The molecule has 0 spiro atoms. The second-order valence-corrected chi connectivity index (χ2v) is 6.27. The van der Waals surface area contributed by atoms with Crippen molar-refractivity contribution in [2.24, 2.45) is 5.73 Å². The summed E-state index contributed by atoms with van der Waals surface area (Å²) in [5.41, 5.74) is 6.53. The number of rotatable bonds is 7. The molecule has 3 N–H and O–H groups in total. The van der Waals surface area contributed by atoms with Crippen LogP contribution in [0.5, 0.6) is 0 Å². The Kier molecular flexibility index (Phi) is 8.51. The molecule has 0 saturated heterocycles. The van der Waals surface area contributed by atoms with Crippen molar-refractivity contribution >= 4 is 46.4 Å². The first-order chi connectivity index (χ1) is 10.6. The number of halogens is 2. The number of hydrogen-bond donors (Lipinski definition) is 2. The van der Waals surface area contributed by atoms with Gasteiger partial charge in [0.25, 0.3) is 0 Å². The molecule has 5 nitrogen and oxygen atoms in total. The summed E-state index contributed by atoms with van der Waals surface area (Å²) in [6, 6.07) is 7.68. The third kappa shape index (κ3) is 6.08. The number of methoxy groups -OCH3 is 1. The van der Waals surface area contributed by atoms with Crippen LogP contribution >= 0.6 is 35.3 Å². The third-order valence-electron chi connectivity index (χ3n) is 3.13. The molecule has 1 unspecified atom stereocenters. The van der Waals surface area contributed by atoms with Crippen LogP contribution in [0.2, 0.25) is 5.02 Å². The van der Waals surface area contributed by atoms with Crippen molar-refractivity contribution in [3.8, 4) is 0 Å². The number of nitrogens with zero attached hydrogens (tertiary/aromatic N) is 1. The van der Waals surface area contributed by atoms with Crippen molar-refractivity contribution in [2.45, 2.75) is 18.9 Å². The molecule has 2 aromatic rings. The molecule has 1 amide bonds. The largest absolute Gasteiger partial charge is 0.380 e. The molecule has 0 radical (unpaired) electrons. The van der Waals surface area contributed by atoms with Crippen LogP contribution in [-0.2, 0) is 16.0 Å². The Bertz CT molecular complexity index is 633. The van der Waals surface area contributed by atoms with Crippen LogP contribution in [0.1, 0.15) is 16.9 Å². The molecule has 126 valence electrons. The van der Waals surface area contributed by atoms with Crippen LogP contribution in [0.15, 0.2) is 30.5 Å². The van der Waals surface area contributed by atoms with Crippen molar-refractivity contribution in [1.29, 1.82) is 0 Å². The van der Waals surface area contributed by atoms with E-state index in [4.69, 9.17) is 22.1 Å². The van der Waals surface area contributed by atoms with E-state index in [1.54, 1.807) is 6.20 Å². The fraction of sp³-hybridized carbons (Fsp3) is 0.333. The molecule has 0 aliphatic heterocycles. The summed E-state index contributed by atoms with van der Waals surface area (Å²) in [7, 11) is 1.54. The van der Waals surface area contributed by atoms with Gasteiger partial charge in [-0.1, -0.05) is 29.8 Å². The minimum absolute atomic E-state index is 0. The number of carbonyl (C=O) groups excluding carboxylic acids is 1. The zero-order chi connectivity index (χ0) is 15.9. The molecule has 8 heteroatoms. The monoisotopic (exact) mass is 375 g/mol. The molecule has 0 fully saturated rings. The SMILES string of the molecule is COC(CN)CC(=O)Nc1ncc(Cc2ccccc2Cl)s1.Cl. The quantitative estimate of drug-likeness (QED) is 0.779. The van der Waals surface area contributed by atoms with Gasteiger partial charge in [-0.15, -0.1) is 23.7 Å². The van der Waals surface area contributed by atoms with Crippen molar-refractivity contribution < 1.29 is 9.53 Å². The second kappa shape index (κ2) is 9.85. The number of benzene rings is 1. The first-order valence-electron chi connectivity index (χ1n) is 6.83. The lowest BCUT2D eigenvalue weighted by atomic mass is 10.1. The molecule has 1 aromatic carbocycles. The van der Waals surface area contributed by atoms with E-state index in [-0.39, 0.29) is 30.8 Å². The van der Waals surface area contributed by atoms with Gasteiger partial charge in [0.05, 0.1) is 12.5 Å². The molecule has 0 saturated carbocycles. The normalized spacial score (nSPS) is 11.6. The standard InChI is InChI=1S/C15H18ClN3O2S.ClH/c1-21-11(8-17)7-14(20)19-15-18-9-12(22-15)6-10-4-2-3-5-13(10)16;/h2-5,9,11H,6-8,17H2,1H3,(H,18,19,20);1H. The molecule has 1 atom stereocenters. The summed E-state index contributed by atoms with van der Waals surface area (Å²) in [5, 5.41) is 4.06. The van der Waals surface area contributed by atoms with Crippen molar-refractivity contribution in [2.75, 3.05) is 19.0 Å². The molecule has 2 rings (SSSR count). The topological polar surface area (TPSA) is 77.2 Å². The van der Waals surface area contributed by atoms with E-state index in [1.807, 2.05) is 24.3 Å². The minimum atomic E-state index is -0.275. The Morgan fingerprint density at radius 2 is 2.22 bits per heavy atom. The number of anilines is 1. The zero-order valence-corrected chi connectivity index (χ0v) is 15.0. The Morgan fingerprint density at radius 1 is 1.48 bits per heavy atom. The Labute approximate surface area is 150 Å². The van der Waals surface area contributed by atoms with Crippen molar-refractivity contribution in [3.05, 3.63) is 45.9 Å². The maximum atomic E-state index is 11.9. The van der Waals surface area contributed by atoms with E-state index in [0.29, 0.717) is 18.1 Å². The maximum Gasteiger partial charge on any atom is 0.228 e. The number of nitrogens with two attached hydrogens (primary N) is 1. The number of amides is 1. The second-order valence-electron chi connectivity index (χ2n) is 4.75. The molecule has 1 aromatic heterocycles. The first-order valence-corrected chi connectivity index (χ1v) is 8.02. The van der Waals surface area contributed by atoms with E-state index < -0.39 is 0 Å². The highest BCUT2D eigenvalue weighted by Crippen LogP contribution is 2.24. The number of nitrogens with one attached hydrogen (secondary N) is 1. The lowest BCUT2D eigenvalue weighted by Gasteiger charge is -2.11. The maximum absolute atomic E-state index is 11.9. The average molecular weight is 376 g/mol. The van der Waals surface area contributed by atoms with E-state index in [9.17, 15) is 4.79 Å². The van der Waals surface area contributed by atoms with Gasteiger partial charge < -0.3 is 15.8 Å². The molecule has 0 aliphatic rings. The number of hydrogen-bond acceptors (Lipinski definition) is 5. The van der Waals surface area contributed by atoms with E-state index in [1.165, 1.54) is 18.4 Å². The summed E-state index contributed by atoms with van der Waals surface area (Å²) in [5.74, 6) is -0.157. The van der Waals surface area contributed by atoms with Gasteiger partial charge in [-0.05, 0) is 11.6 Å². The molecule has 0 aliphatic carbocycles. The summed E-state index contributed by atoms with van der Waals surface area (Å²) in [4.78, 5) is 17.1. The van der Waals surface area contributed by atoms with E-state index in [2.05, 4.69) is 10.3 Å². The van der Waals surface area contributed by atoms with E-state index in [0.717, 1.165) is 15.5 Å². The van der Waals surface area contributed by atoms with Crippen LogP contribution in [0, 0.1) is 0 Å². The van der Waals surface area contributed by atoms with Gasteiger partial charge in [-0.25, -0.2) is 4.98 Å². The summed E-state index contributed by atoms with van der Waals surface area (Å²) in [6.07, 6.45) is 2.38. The lowest BCUT2D eigenvalue weighted by Crippen LogP contribution is -2.28. The van der Waals surface area contributed by atoms with Crippen molar-refractivity contribution in [1.82, 2.24) is 4.98 Å². The average Bonchev–Trinajstić information content (AvgIpc) is 2.94. The highest BCUT2D eigenvalue weighted by Gasteiger charge is 2.13. The van der Waals surface area contributed by atoms with Gasteiger partial charge in [0, 0.05) is 36.2 Å². The summed E-state index contributed by atoms with van der Waals surface area (Å²) in [6.45, 7) is 0.305. The molecular formula is C15H19Cl2N3O2S. The predicted octanol–water partition coefficient (Wildman–Crippen LogP) is 3.11. The van der Waals surface area contributed by atoms with Gasteiger partial charge >= 0.3 is 0 Å². The molecule has 0 bridgehead atoms. The van der Waals surface area contributed by atoms with Crippen LogP contribution in [-0.4, -0.2) is 30.6 Å². The summed E-state index contributed by atoms with van der Waals surface area (Å²) < 4.78 is 5.09. The van der Waals surface area contributed by atoms with Crippen molar-refractivity contribution in [3.63, 3.8) is 0 Å². The Hall–Kier alpha value is -1.18. The van der Waals surface area contributed by atoms with Crippen LogP contribution in [0.3, 0.4) is 0 Å². The smallest absolute Gasteiger partial charge is 0.228 e. The fourth-order valence-electron chi connectivity index (χ4n) is 1.92. The van der Waals surface area contributed by atoms with Gasteiger partial charge in [0.2, 0.25) is 5.91 Å². The predicted molar refractivity (Wildman–Crippen MR) is 96.7 cm³/mol. The van der Waals surface area contributed by atoms with Crippen LogP contribution in [0.25, 0.3) is 0 Å². The van der Waals surface area contributed by atoms with E-state index >= 15 is 0 Å². The third-order valence-corrected chi connectivity index (χ3v) is 4.41. The molecular weight excluding hydrogens is 357 g/mol. The lowest BCUT2D eigenvalue weighted by molar-refractivity contribution is -0.118. The highest BCUT2D eigenvalue weighted by molar-refractivity contribution is 7.15. The number of thiazole rings is 1. The molecule has 23 heavy (non-hydrogen) atoms. The number of ether oxygens (including phenoxy) is 1. The van der Waals surface area contributed by atoms with Gasteiger partial charge in [0.15, 0.2) is 5.13 Å². The number of carbonyl (C=O) groups is 1. The minimum Gasteiger partial charge on any atom is -0.380 e. The Morgan fingerprint density at radius 3 is 2.87 bits per heavy atom. The van der Waals surface area contributed by atoms with Crippen LogP contribution in [0.4, 0.5) is 5.13 Å².